The van der Waals surface area contributed by atoms with Gasteiger partial charge in [0, 0.05) is 37.1 Å². The lowest BCUT2D eigenvalue weighted by atomic mass is 9.93. The fourth-order valence-electron chi connectivity index (χ4n) is 4.70. The fourth-order valence-corrected chi connectivity index (χ4v) is 4.81. The fraction of sp³-hybridized carbons (Fsp3) is 0.464. The maximum absolute atomic E-state index is 11.3. The molecule has 1 aromatic heterocycles. The molecule has 0 bridgehead atoms. The molecule has 194 valence electrons. The molecule has 0 amide bonds. The van der Waals surface area contributed by atoms with Crippen LogP contribution in [0.5, 0.6) is 17.2 Å². The Morgan fingerprint density at radius 2 is 1.92 bits per heavy atom. The van der Waals surface area contributed by atoms with Gasteiger partial charge in [-0.15, -0.1) is 0 Å². The van der Waals surface area contributed by atoms with Crippen molar-refractivity contribution in [2.75, 3.05) is 33.4 Å². The van der Waals surface area contributed by atoms with Crippen molar-refractivity contribution in [2.24, 2.45) is 0 Å². The van der Waals surface area contributed by atoms with Crippen LogP contribution in [0.2, 0.25) is 5.02 Å². The minimum absolute atomic E-state index is 0.249. The highest BCUT2D eigenvalue weighted by Gasteiger charge is 2.34. The number of hydrogen-bond donors (Lipinski definition) is 1. The summed E-state index contributed by atoms with van der Waals surface area (Å²) in [5.41, 5.74) is 2.17. The van der Waals surface area contributed by atoms with Gasteiger partial charge in [0.1, 0.15) is 18.0 Å². The summed E-state index contributed by atoms with van der Waals surface area (Å²) in [7, 11) is 1.66. The number of ether oxygens (including phenoxy) is 3. The molecule has 2 heterocycles. The summed E-state index contributed by atoms with van der Waals surface area (Å²) in [6, 6.07) is 9.90. The maximum Gasteiger partial charge on any atom is 0.161 e. The molecule has 7 nitrogen and oxygen atoms in total. The smallest absolute Gasteiger partial charge is 0.161 e. The van der Waals surface area contributed by atoms with Crippen molar-refractivity contribution < 1.29 is 19.3 Å². The van der Waals surface area contributed by atoms with Crippen molar-refractivity contribution in [3.8, 4) is 17.2 Å². The summed E-state index contributed by atoms with van der Waals surface area (Å²) in [5, 5.41) is 12.0. The number of piperidine rings is 1. The third-order valence-electron chi connectivity index (χ3n) is 6.56. The molecule has 0 spiro atoms. The number of hydrogen-bond acceptors (Lipinski definition) is 6. The van der Waals surface area contributed by atoms with Crippen LogP contribution in [0.4, 0.5) is 0 Å². The van der Waals surface area contributed by atoms with E-state index in [0.29, 0.717) is 19.6 Å². The largest absolute Gasteiger partial charge is 0.493 e. The van der Waals surface area contributed by atoms with E-state index in [1.54, 1.807) is 13.3 Å². The summed E-state index contributed by atoms with van der Waals surface area (Å²) in [4.78, 5) is 6.33. The molecule has 4 rings (SSSR count). The molecule has 1 N–H and O–H groups in total. The van der Waals surface area contributed by atoms with Crippen LogP contribution in [0.1, 0.15) is 36.0 Å². The number of halogens is 1. The van der Waals surface area contributed by atoms with Crippen molar-refractivity contribution >= 4 is 11.6 Å². The zero-order valence-corrected chi connectivity index (χ0v) is 22.1. The van der Waals surface area contributed by atoms with Crippen LogP contribution in [-0.2, 0) is 13.1 Å². The average molecular weight is 514 g/mol. The van der Waals surface area contributed by atoms with Gasteiger partial charge in [-0.05, 0) is 80.6 Å². The first-order valence-electron chi connectivity index (χ1n) is 12.4. The van der Waals surface area contributed by atoms with Crippen molar-refractivity contribution in [3.63, 3.8) is 0 Å². The lowest BCUT2D eigenvalue weighted by molar-refractivity contribution is -0.0621. The monoisotopic (exact) mass is 513 g/mol. The third kappa shape index (κ3) is 6.93. The molecule has 0 saturated carbocycles. The summed E-state index contributed by atoms with van der Waals surface area (Å²) < 4.78 is 19.6. The van der Waals surface area contributed by atoms with Gasteiger partial charge in [0.15, 0.2) is 11.5 Å². The Hall–Kier alpha value is -2.74. The second kappa shape index (κ2) is 12.0. The number of β-amino-alcohol motifs (C(OH)–C–C–N with tert-alkyl or cyclic N) is 1. The topological polar surface area (TPSA) is 69.0 Å². The Bertz CT molecular complexity index is 1110. The number of benzene rings is 2. The van der Waals surface area contributed by atoms with Gasteiger partial charge in [-0.25, -0.2) is 4.98 Å². The second-order valence-corrected chi connectivity index (χ2v) is 10.1. The lowest BCUT2D eigenvalue weighted by Gasteiger charge is -2.39. The summed E-state index contributed by atoms with van der Waals surface area (Å²) in [5.74, 6) is 2.20. The van der Waals surface area contributed by atoms with Crippen LogP contribution < -0.4 is 14.2 Å². The molecule has 1 fully saturated rings. The minimum Gasteiger partial charge on any atom is -0.493 e. The van der Waals surface area contributed by atoms with E-state index in [1.807, 2.05) is 55.2 Å². The quantitative estimate of drug-likeness (QED) is 0.362. The number of rotatable bonds is 11. The number of likely N-dealkylation sites (tertiary alicyclic amines) is 1. The summed E-state index contributed by atoms with van der Waals surface area (Å²) in [6.07, 6.45) is 8.04. The molecule has 3 aromatic rings. The Kier molecular flexibility index (Phi) is 8.77. The van der Waals surface area contributed by atoms with Gasteiger partial charge in [-0.2, -0.15) is 0 Å². The Morgan fingerprint density at radius 3 is 2.64 bits per heavy atom. The maximum atomic E-state index is 11.3. The van der Waals surface area contributed by atoms with Gasteiger partial charge in [0.2, 0.25) is 0 Å². The molecule has 0 unspecified atom stereocenters. The van der Waals surface area contributed by atoms with Gasteiger partial charge in [0.25, 0.3) is 0 Å². The number of methoxy groups -OCH3 is 1. The van der Waals surface area contributed by atoms with Crippen LogP contribution in [0, 0.1) is 13.8 Å². The molecule has 1 aliphatic heterocycles. The normalized spacial score (nSPS) is 18.2. The van der Waals surface area contributed by atoms with E-state index in [0.717, 1.165) is 71.4 Å². The standard InChI is InChI=1S/C28H36ClN3O4/c1-21-14-24(15-22(2)27(21)29)36-19-28(33)8-4-10-32(18-28)17-23-6-7-25(26(16-23)34-3)35-13-5-11-31-12-9-30-20-31/h6-7,9,12,14-16,20,33H,4-5,8,10-11,13,17-19H2,1-3H3/t28-/m1/s1. The Morgan fingerprint density at radius 1 is 1.11 bits per heavy atom. The van der Waals surface area contributed by atoms with Crippen LogP contribution >= 0.6 is 11.6 Å². The average Bonchev–Trinajstić information content (AvgIpc) is 3.38. The lowest BCUT2D eigenvalue weighted by Crippen LogP contribution is -2.51. The minimum atomic E-state index is -0.901. The highest BCUT2D eigenvalue weighted by atomic mass is 35.5. The van der Waals surface area contributed by atoms with Gasteiger partial charge in [-0.1, -0.05) is 17.7 Å². The number of aromatic nitrogens is 2. The number of aliphatic hydroxyl groups is 1. The molecule has 1 aliphatic rings. The van der Waals surface area contributed by atoms with Crippen molar-refractivity contribution in [1.82, 2.24) is 14.5 Å². The first-order valence-corrected chi connectivity index (χ1v) is 12.8. The second-order valence-electron chi connectivity index (χ2n) is 9.69. The molecule has 0 aliphatic carbocycles. The van der Waals surface area contributed by atoms with E-state index >= 15 is 0 Å². The van der Waals surface area contributed by atoms with E-state index in [9.17, 15) is 5.11 Å². The van der Waals surface area contributed by atoms with E-state index in [2.05, 4.69) is 16.0 Å². The van der Waals surface area contributed by atoms with Crippen molar-refractivity contribution in [3.05, 3.63) is 70.8 Å². The van der Waals surface area contributed by atoms with Gasteiger partial charge in [0.05, 0.1) is 20.0 Å². The molecule has 1 saturated heterocycles. The highest BCUT2D eigenvalue weighted by molar-refractivity contribution is 6.32. The molecule has 1 atom stereocenters. The third-order valence-corrected chi connectivity index (χ3v) is 7.16. The van der Waals surface area contributed by atoms with E-state index in [4.69, 9.17) is 25.8 Å². The summed E-state index contributed by atoms with van der Waals surface area (Å²) >= 11 is 6.27. The Labute approximate surface area is 218 Å². The first-order chi connectivity index (χ1) is 17.3. The molecule has 36 heavy (non-hydrogen) atoms. The Balaban J connectivity index is 1.30. The number of aryl methyl sites for hydroxylation is 3. The van der Waals surface area contributed by atoms with E-state index in [-0.39, 0.29) is 6.61 Å². The molecular weight excluding hydrogens is 478 g/mol. The number of nitrogens with zero attached hydrogens (tertiary/aromatic N) is 3. The zero-order valence-electron chi connectivity index (χ0n) is 21.4. The van der Waals surface area contributed by atoms with Gasteiger partial charge in [-0.3, -0.25) is 4.90 Å². The van der Waals surface area contributed by atoms with Gasteiger partial charge < -0.3 is 23.9 Å². The molecule has 0 radical (unpaired) electrons. The summed E-state index contributed by atoms with van der Waals surface area (Å²) in [6.45, 7) is 7.83. The predicted molar refractivity (Wildman–Crippen MR) is 141 cm³/mol. The molecule has 8 heteroatoms. The molecule has 2 aromatic carbocycles. The SMILES string of the molecule is COc1cc(CN2CCC[C@](O)(COc3cc(C)c(Cl)c(C)c3)C2)ccc1OCCCn1ccnc1. The first kappa shape index (κ1) is 26.3. The van der Waals surface area contributed by atoms with Gasteiger partial charge >= 0.3 is 0 Å². The van der Waals surface area contributed by atoms with E-state index in [1.165, 1.54) is 0 Å². The highest BCUT2D eigenvalue weighted by Crippen LogP contribution is 2.31. The van der Waals surface area contributed by atoms with Crippen LogP contribution in [0.3, 0.4) is 0 Å². The number of imidazole rings is 1. The van der Waals surface area contributed by atoms with Crippen molar-refractivity contribution in [1.29, 1.82) is 0 Å². The molecular formula is C28H36ClN3O4. The predicted octanol–water partition coefficient (Wildman–Crippen LogP) is 5.04. The van der Waals surface area contributed by atoms with Crippen LogP contribution in [-0.4, -0.2) is 58.6 Å². The van der Waals surface area contributed by atoms with Crippen LogP contribution in [0.15, 0.2) is 49.1 Å². The van der Waals surface area contributed by atoms with Crippen molar-refractivity contribution in [2.45, 2.75) is 51.8 Å². The van der Waals surface area contributed by atoms with Crippen LogP contribution in [0.25, 0.3) is 0 Å². The van der Waals surface area contributed by atoms with E-state index < -0.39 is 5.60 Å². The zero-order chi connectivity index (χ0) is 25.5.